The lowest BCUT2D eigenvalue weighted by Gasteiger charge is -2.09. The van der Waals surface area contributed by atoms with E-state index in [4.69, 9.17) is 0 Å². The molecule has 0 saturated heterocycles. The number of hydrogen-bond donors (Lipinski definition) is 1. The molecule has 0 radical (unpaired) electrons. The molecule has 3 heteroatoms. The van der Waals surface area contributed by atoms with Gasteiger partial charge in [-0.05, 0) is 54.7 Å². The van der Waals surface area contributed by atoms with E-state index in [1.165, 1.54) is 11.1 Å². The highest BCUT2D eigenvalue weighted by molar-refractivity contribution is 9.10. The van der Waals surface area contributed by atoms with Gasteiger partial charge in [0.15, 0.2) is 0 Å². The molecule has 2 aromatic carbocycles. The highest BCUT2D eigenvalue weighted by Gasteiger charge is 2.04. The maximum Gasteiger partial charge on any atom is 0.129 e. The van der Waals surface area contributed by atoms with Crippen molar-refractivity contribution in [1.29, 1.82) is 0 Å². The van der Waals surface area contributed by atoms with Gasteiger partial charge in [0, 0.05) is 17.6 Å². The summed E-state index contributed by atoms with van der Waals surface area (Å²) in [5, 5.41) is 3.40. The third kappa shape index (κ3) is 3.68. The minimum absolute atomic E-state index is 0.101. The predicted molar refractivity (Wildman–Crippen MR) is 85.3 cm³/mol. The van der Waals surface area contributed by atoms with Crippen LogP contribution >= 0.6 is 15.9 Å². The highest BCUT2D eigenvalue weighted by Crippen LogP contribution is 2.18. The van der Waals surface area contributed by atoms with Crippen LogP contribution < -0.4 is 5.32 Å². The zero-order valence-electron chi connectivity index (χ0n) is 12.1. The second kappa shape index (κ2) is 6.51. The number of benzene rings is 2. The summed E-state index contributed by atoms with van der Waals surface area (Å²) in [6.45, 7) is 7.24. The van der Waals surface area contributed by atoms with E-state index < -0.39 is 0 Å². The van der Waals surface area contributed by atoms with E-state index in [0.29, 0.717) is 11.1 Å². The molecular formula is C17H19BrFN. The molecular weight excluding hydrogens is 317 g/mol. The van der Waals surface area contributed by atoms with Gasteiger partial charge >= 0.3 is 0 Å². The monoisotopic (exact) mass is 335 g/mol. The van der Waals surface area contributed by atoms with E-state index in [9.17, 15) is 4.39 Å². The van der Waals surface area contributed by atoms with Crippen LogP contribution in [-0.4, -0.2) is 0 Å². The van der Waals surface area contributed by atoms with Gasteiger partial charge in [-0.2, -0.15) is 0 Å². The second-order valence-corrected chi connectivity index (χ2v) is 6.09. The first-order valence-electron chi connectivity index (χ1n) is 6.68. The van der Waals surface area contributed by atoms with Crippen LogP contribution in [0.1, 0.15) is 27.8 Å². The fourth-order valence-corrected chi connectivity index (χ4v) is 2.66. The average Bonchev–Trinajstić information content (AvgIpc) is 2.40. The van der Waals surface area contributed by atoms with Crippen molar-refractivity contribution in [2.45, 2.75) is 33.9 Å². The fourth-order valence-electron chi connectivity index (χ4n) is 2.24. The van der Waals surface area contributed by atoms with Crippen molar-refractivity contribution in [2.24, 2.45) is 0 Å². The van der Waals surface area contributed by atoms with Crippen molar-refractivity contribution in [3.05, 3.63) is 68.4 Å². The van der Waals surface area contributed by atoms with Crippen LogP contribution in [-0.2, 0) is 13.1 Å². The number of halogens is 2. The molecule has 1 nitrogen and oxygen atoms in total. The summed E-state index contributed by atoms with van der Waals surface area (Å²) < 4.78 is 14.7. The Labute approximate surface area is 128 Å². The first kappa shape index (κ1) is 15.2. The topological polar surface area (TPSA) is 12.0 Å². The first-order valence-corrected chi connectivity index (χ1v) is 7.48. The Bertz CT molecular complexity index is 599. The smallest absolute Gasteiger partial charge is 0.129 e. The summed E-state index contributed by atoms with van der Waals surface area (Å²) in [6.07, 6.45) is 0. The van der Waals surface area contributed by atoms with Crippen LogP contribution in [0.25, 0.3) is 0 Å². The maximum atomic E-state index is 13.6. The second-order valence-electron chi connectivity index (χ2n) is 5.23. The van der Waals surface area contributed by atoms with E-state index in [0.717, 1.165) is 23.1 Å². The Morgan fingerprint density at radius 2 is 1.50 bits per heavy atom. The molecule has 0 aliphatic rings. The normalized spacial score (nSPS) is 10.8. The van der Waals surface area contributed by atoms with Crippen LogP contribution in [0.15, 0.2) is 34.8 Å². The molecule has 1 N–H and O–H groups in total. The molecule has 0 unspecified atom stereocenters. The maximum absolute atomic E-state index is 13.6. The summed E-state index contributed by atoms with van der Waals surface area (Å²) in [5.41, 5.74) is 5.00. The Hall–Kier alpha value is -1.19. The molecule has 0 aromatic heterocycles. The van der Waals surface area contributed by atoms with Crippen LogP contribution in [0.5, 0.6) is 0 Å². The molecule has 106 valence electrons. The molecule has 2 rings (SSSR count). The van der Waals surface area contributed by atoms with Gasteiger partial charge in [-0.1, -0.05) is 40.2 Å². The van der Waals surface area contributed by atoms with Crippen LogP contribution in [0, 0.1) is 26.6 Å². The lowest BCUT2D eigenvalue weighted by atomic mass is 10.1. The Balaban J connectivity index is 1.97. The number of nitrogens with one attached hydrogen (secondary N) is 1. The summed E-state index contributed by atoms with van der Waals surface area (Å²) >= 11 is 3.54. The molecule has 0 heterocycles. The van der Waals surface area contributed by atoms with Gasteiger partial charge < -0.3 is 5.32 Å². The van der Waals surface area contributed by atoms with E-state index in [2.05, 4.69) is 46.4 Å². The molecule has 0 atom stereocenters. The Morgan fingerprint density at radius 3 is 2.10 bits per heavy atom. The Morgan fingerprint density at radius 1 is 0.900 bits per heavy atom. The van der Waals surface area contributed by atoms with Crippen molar-refractivity contribution in [3.63, 3.8) is 0 Å². The van der Waals surface area contributed by atoms with Gasteiger partial charge in [0.05, 0.1) is 0 Å². The molecule has 0 aliphatic heterocycles. The predicted octanol–water partition coefficient (Wildman–Crippen LogP) is 4.80. The van der Waals surface area contributed by atoms with Gasteiger partial charge in [0.25, 0.3) is 0 Å². The van der Waals surface area contributed by atoms with Gasteiger partial charge in [-0.15, -0.1) is 0 Å². The van der Waals surface area contributed by atoms with Crippen molar-refractivity contribution >= 4 is 15.9 Å². The number of rotatable bonds is 4. The molecule has 0 aliphatic carbocycles. The zero-order valence-corrected chi connectivity index (χ0v) is 13.6. The molecule has 0 spiro atoms. The van der Waals surface area contributed by atoms with E-state index in [-0.39, 0.29) is 5.82 Å². The zero-order chi connectivity index (χ0) is 14.7. The van der Waals surface area contributed by atoms with Crippen LogP contribution in [0.2, 0.25) is 0 Å². The average molecular weight is 336 g/mol. The quantitative estimate of drug-likeness (QED) is 0.845. The Kier molecular flexibility index (Phi) is 4.95. The minimum Gasteiger partial charge on any atom is -0.309 e. The van der Waals surface area contributed by atoms with E-state index in [1.54, 1.807) is 0 Å². The van der Waals surface area contributed by atoms with Gasteiger partial charge in [0.2, 0.25) is 0 Å². The molecule has 2 aromatic rings. The largest absolute Gasteiger partial charge is 0.309 e. The lowest BCUT2D eigenvalue weighted by molar-refractivity contribution is 0.606. The van der Waals surface area contributed by atoms with Crippen LogP contribution in [0.4, 0.5) is 4.39 Å². The lowest BCUT2D eigenvalue weighted by Crippen LogP contribution is -2.13. The molecule has 0 fully saturated rings. The SMILES string of the molecule is Cc1ccc(CNCc2cc(C)c(F)c(C)c2)cc1Br. The van der Waals surface area contributed by atoms with Gasteiger partial charge in [0.1, 0.15) is 5.82 Å². The summed E-state index contributed by atoms with van der Waals surface area (Å²) in [6, 6.07) is 10.2. The van der Waals surface area contributed by atoms with Crippen LogP contribution in [0.3, 0.4) is 0 Å². The third-order valence-corrected chi connectivity index (χ3v) is 4.25. The highest BCUT2D eigenvalue weighted by atomic mass is 79.9. The third-order valence-electron chi connectivity index (χ3n) is 3.39. The summed E-state index contributed by atoms with van der Waals surface area (Å²) in [7, 11) is 0. The number of hydrogen-bond acceptors (Lipinski definition) is 1. The standard InChI is InChI=1S/C17H19BrFN/c1-11-4-5-14(8-16(11)18)9-20-10-15-6-12(2)17(19)13(3)7-15/h4-8,20H,9-10H2,1-3H3. The van der Waals surface area contributed by atoms with Crippen molar-refractivity contribution in [3.8, 4) is 0 Å². The van der Waals surface area contributed by atoms with Gasteiger partial charge in [-0.25, -0.2) is 4.39 Å². The summed E-state index contributed by atoms with van der Waals surface area (Å²) in [5.74, 6) is -0.101. The molecule has 20 heavy (non-hydrogen) atoms. The summed E-state index contributed by atoms with van der Waals surface area (Å²) in [4.78, 5) is 0. The van der Waals surface area contributed by atoms with E-state index in [1.807, 2.05) is 26.0 Å². The fraction of sp³-hybridized carbons (Fsp3) is 0.294. The van der Waals surface area contributed by atoms with Crippen molar-refractivity contribution in [2.75, 3.05) is 0 Å². The van der Waals surface area contributed by atoms with Crippen molar-refractivity contribution in [1.82, 2.24) is 5.32 Å². The molecule has 0 saturated carbocycles. The molecule has 0 bridgehead atoms. The minimum atomic E-state index is -0.101. The van der Waals surface area contributed by atoms with Gasteiger partial charge in [-0.3, -0.25) is 0 Å². The van der Waals surface area contributed by atoms with E-state index >= 15 is 0 Å². The molecule has 0 amide bonds. The number of aryl methyl sites for hydroxylation is 3. The van der Waals surface area contributed by atoms with Crippen molar-refractivity contribution < 1.29 is 4.39 Å². The first-order chi connectivity index (χ1) is 9.47.